The molecule has 35 heavy (non-hydrogen) atoms. The minimum absolute atomic E-state index is 0.000155. The Morgan fingerprint density at radius 3 is 2.66 bits per heavy atom. The highest BCUT2D eigenvalue weighted by Crippen LogP contribution is 2.23. The van der Waals surface area contributed by atoms with Crippen LogP contribution >= 0.6 is 0 Å². The van der Waals surface area contributed by atoms with Gasteiger partial charge in [0.05, 0.1) is 17.1 Å². The summed E-state index contributed by atoms with van der Waals surface area (Å²) >= 11 is 0. The fraction of sp³-hybridized carbons (Fsp3) is 0.360. The fourth-order valence-corrected chi connectivity index (χ4v) is 3.83. The quantitative estimate of drug-likeness (QED) is 0.307. The Balaban J connectivity index is 2.03. The number of aromatic nitrogens is 2. The Morgan fingerprint density at radius 2 is 2.00 bits per heavy atom. The van der Waals surface area contributed by atoms with Crippen molar-refractivity contribution in [3.8, 4) is 0 Å². The van der Waals surface area contributed by atoms with Crippen LogP contribution in [0.15, 0.2) is 41.4 Å². The molecule has 0 fully saturated rings. The van der Waals surface area contributed by atoms with Crippen LogP contribution in [0.25, 0.3) is 11.0 Å². The number of nitrogens with zero attached hydrogens (tertiary/aromatic N) is 3. The third kappa shape index (κ3) is 6.49. The number of amides is 2. The van der Waals surface area contributed by atoms with Crippen LogP contribution in [-0.2, 0) is 17.8 Å². The molecule has 1 aromatic heterocycles. The van der Waals surface area contributed by atoms with Crippen LogP contribution in [0.2, 0.25) is 0 Å². The predicted molar refractivity (Wildman–Crippen MR) is 130 cm³/mol. The maximum Gasteiger partial charge on any atom is 0.273 e. The molecule has 2 aromatic carbocycles. The number of hydrogen-bond acceptors (Lipinski definition) is 6. The van der Waals surface area contributed by atoms with E-state index in [4.69, 9.17) is 5.11 Å². The third-order valence-electron chi connectivity index (χ3n) is 5.72. The second kappa shape index (κ2) is 12.2. The van der Waals surface area contributed by atoms with E-state index in [2.05, 4.69) is 20.6 Å². The second-order valence-electron chi connectivity index (χ2n) is 8.16. The molecule has 0 aliphatic rings. The van der Waals surface area contributed by atoms with Crippen molar-refractivity contribution in [2.45, 2.75) is 38.8 Å². The summed E-state index contributed by atoms with van der Waals surface area (Å²) in [7, 11) is 1.47. The SMILES string of the molecule is CNC(=O)c1nc2cc(C)c(NCCc3ccc(F)cc3)cc2n(CC[C@H](O)CCO)c1=NC=O. The molecule has 0 aliphatic carbocycles. The van der Waals surface area contributed by atoms with Crippen LogP contribution < -0.4 is 16.1 Å². The first kappa shape index (κ1) is 26.0. The summed E-state index contributed by atoms with van der Waals surface area (Å²) < 4.78 is 14.8. The highest BCUT2D eigenvalue weighted by Gasteiger charge is 2.17. The van der Waals surface area contributed by atoms with Gasteiger partial charge in [0, 0.05) is 32.4 Å². The largest absolute Gasteiger partial charge is 0.396 e. The van der Waals surface area contributed by atoms with Crippen LogP contribution in [-0.4, -0.2) is 58.4 Å². The minimum atomic E-state index is -0.762. The standard InChI is InChI=1S/C25H30FN5O4/c1-16-13-21-22(14-20(16)28-10-7-17-3-5-18(26)6-4-17)31(11-8-19(34)9-12-32)24(29-15-33)23(30-21)25(35)27-2/h3-6,13-15,19,28,32,34H,7-12H2,1-2H3,(H,27,35)/t19-/m0/s1. The lowest BCUT2D eigenvalue weighted by molar-refractivity contribution is -0.107. The van der Waals surface area contributed by atoms with Gasteiger partial charge in [-0.05, 0) is 61.6 Å². The number of aliphatic hydroxyl groups is 2. The Labute approximate surface area is 202 Å². The van der Waals surface area contributed by atoms with E-state index in [0.29, 0.717) is 30.4 Å². The van der Waals surface area contributed by atoms with E-state index >= 15 is 0 Å². The van der Waals surface area contributed by atoms with Gasteiger partial charge in [0.2, 0.25) is 6.41 Å². The predicted octanol–water partition coefficient (Wildman–Crippen LogP) is 1.69. The Hall–Kier alpha value is -3.63. The van der Waals surface area contributed by atoms with Gasteiger partial charge < -0.3 is 25.4 Å². The minimum Gasteiger partial charge on any atom is -0.396 e. The molecule has 9 nitrogen and oxygen atoms in total. The van der Waals surface area contributed by atoms with Crippen molar-refractivity contribution in [3.63, 3.8) is 0 Å². The zero-order valence-electron chi connectivity index (χ0n) is 19.8. The van der Waals surface area contributed by atoms with E-state index in [1.807, 2.05) is 19.1 Å². The van der Waals surface area contributed by atoms with Crippen molar-refractivity contribution in [1.29, 1.82) is 0 Å². The van der Waals surface area contributed by atoms with Gasteiger partial charge in [-0.2, -0.15) is 4.99 Å². The molecule has 1 heterocycles. The molecule has 0 bridgehead atoms. The zero-order chi connectivity index (χ0) is 25.4. The summed E-state index contributed by atoms with van der Waals surface area (Å²) in [6, 6.07) is 10.1. The monoisotopic (exact) mass is 483 g/mol. The number of halogens is 1. The average Bonchev–Trinajstić information content (AvgIpc) is 2.84. The first-order valence-electron chi connectivity index (χ1n) is 11.4. The molecule has 2 amide bonds. The number of aryl methyl sites for hydroxylation is 2. The molecule has 1 atom stereocenters. The summed E-state index contributed by atoms with van der Waals surface area (Å²) in [4.78, 5) is 32.2. The average molecular weight is 484 g/mol. The lowest BCUT2D eigenvalue weighted by atomic mass is 10.1. The van der Waals surface area contributed by atoms with E-state index in [0.717, 1.165) is 16.8 Å². The fourth-order valence-electron chi connectivity index (χ4n) is 3.83. The van der Waals surface area contributed by atoms with E-state index < -0.39 is 12.0 Å². The summed E-state index contributed by atoms with van der Waals surface area (Å²) in [5.41, 5.74) is 3.98. The summed E-state index contributed by atoms with van der Waals surface area (Å²) in [6.45, 7) is 2.61. The zero-order valence-corrected chi connectivity index (χ0v) is 19.8. The topological polar surface area (TPSA) is 129 Å². The Kier molecular flexibility index (Phi) is 9.04. The van der Waals surface area contributed by atoms with Crippen molar-refractivity contribution in [2.75, 3.05) is 25.5 Å². The third-order valence-corrected chi connectivity index (χ3v) is 5.72. The number of benzene rings is 2. The van der Waals surface area contributed by atoms with Crippen LogP contribution in [0.3, 0.4) is 0 Å². The number of hydrogen-bond donors (Lipinski definition) is 4. The number of carbonyl (C=O) groups excluding carboxylic acids is 2. The summed E-state index contributed by atoms with van der Waals surface area (Å²) in [6.07, 6.45) is 0.764. The Bertz CT molecular complexity index is 1260. The number of aliphatic hydroxyl groups excluding tert-OH is 2. The van der Waals surface area contributed by atoms with Crippen LogP contribution in [0.1, 0.15) is 34.5 Å². The molecule has 4 N–H and O–H groups in total. The van der Waals surface area contributed by atoms with Gasteiger partial charge >= 0.3 is 0 Å². The van der Waals surface area contributed by atoms with Gasteiger partial charge in [0.15, 0.2) is 11.2 Å². The van der Waals surface area contributed by atoms with Crippen molar-refractivity contribution in [3.05, 3.63) is 64.5 Å². The van der Waals surface area contributed by atoms with Crippen molar-refractivity contribution in [1.82, 2.24) is 14.9 Å². The molecule has 0 saturated heterocycles. The van der Waals surface area contributed by atoms with E-state index in [1.54, 1.807) is 16.7 Å². The molecular formula is C25H30FN5O4. The van der Waals surface area contributed by atoms with Crippen molar-refractivity contribution >= 4 is 29.0 Å². The number of anilines is 1. The molecule has 0 saturated carbocycles. The van der Waals surface area contributed by atoms with Crippen molar-refractivity contribution in [2.24, 2.45) is 4.99 Å². The molecule has 0 aliphatic heterocycles. The second-order valence-corrected chi connectivity index (χ2v) is 8.16. The molecule has 0 unspecified atom stereocenters. The van der Waals surface area contributed by atoms with E-state index in [9.17, 15) is 19.1 Å². The first-order valence-corrected chi connectivity index (χ1v) is 11.4. The molecule has 10 heteroatoms. The maximum atomic E-state index is 13.2. The maximum absolute atomic E-state index is 13.2. The van der Waals surface area contributed by atoms with Gasteiger partial charge in [-0.15, -0.1) is 0 Å². The highest BCUT2D eigenvalue weighted by molar-refractivity contribution is 5.94. The molecule has 3 rings (SSSR count). The molecule has 186 valence electrons. The van der Waals surface area contributed by atoms with Crippen LogP contribution in [0, 0.1) is 12.7 Å². The van der Waals surface area contributed by atoms with Gasteiger partial charge in [-0.25, -0.2) is 9.37 Å². The van der Waals surface area contributed by atoms with Crippen LogP contribution in [0.4, 0.5) is 10.1 Å². The van der Waals surface area contributed by atoms with Crippen LogP contribution in [0.5, 0.6) is 0 Å². The number of rotatable bonds is 11. The van der Waals surface area contributed by atoms with Gasteiger partial charge in [-0.3, -0.25) is 9.59 Å². The molecule has 0 radical (unpaired) electrons. The number of fused-ring (bicyclic) bond motifs is 1. The molecule has 0 spiro atoms. The van der Waals surface area contributed by atoms with Crippen molar-refractivity contribution < 1.29 is 24.2 Å². The van der Waals surface area contributed by atoms with Gasteiger partial charge in [0.1, 0.15) is 5.82 Å². The highest BCUT2D eigenvalue weighted by atomic mass is 19.1. The normalized spacial score (nSPS) is 12.5. The Morgan fingerprint density at radius 1 is 1.26 bits per heavy atom. The number of carbonyl (C=O) groups is 2. The lowest BCUT2D eigenvalue weighted by Gasteiger charge is -2.18. The smallest absolute Gasteiger partial charge is 0.273 e. The van der Waals surface area contributed by atoms with Gasteiger partial charge in [0.25, 0.3) is 5.91 Å². The molecular weight excluding hydrogens is 453 g/mol. The van der Waals surface area contributed by atoms with E-state index in [-0.39, 0.29) is 43.0 Å². The summed E-state index contributed by atoms with van der Waals surface area (Å²) in [5.74, 6) is -0.766. The van der Waals surface area contributed by atoms with Gasteiger partial charge in [-0.1, -0.05) is 12.1 Å². The number of nitrogens with one attached hydrogen (secondary N) is 2. The molecule has 3 aromatic rings. The lowest BCUT2D eigenvalue weighted by Crippen LogP contribution is -2.35. The summed E-state index contributed by atoms with van der Waals surface area (Å²) in [5, 5.41) is 25.2. The van der Waals surface area contributed by atoms with E-state index in [1.165, 1.54) is 19.2 Å². The first-order chi connectivity index (χ1) is 16.9.